The number of nitrogens with one attached hydrogen (secondary N) is 1. The average molecular weight is 384 g/mol. The third-order valence-electron chi connectivity index (χ3n) is 4.20. The number of ether oxygens (including phenoxy) is 1. The van der Waals surface area contributed by atoms with Crippen molar-refractivity contribution in [2.45, 2.75) is 26.4 Å². The Labute approximate surface area is 163 Å². The summed E-state index contributed by atoms with van der Waals surface area (Å²) in [7, 11) is 0. The zero-order chi connectivity index (χ0) is 19.2. The molecule has 2 aromatic carbocycles. The van der Waals surface area contributed by atoms with E-state index in [0.29, 0.717) is 18.8 Å². The Balaban J connectivity index is 1.78. The summed E-state index contributed by atoms with van der Waals surface area (Å²) in [6.45, 7) is 4.94. The number of anilines is 1. The lowest BCUT2D eigenvalue weighted by Gasteiger charge is -2.17. The topological polar surface area (TPSA) is 56.1 Å². The van der Waals surface area contributed by atoms with Gasteiger partial charge in [-0.3, -0.25) is 4.79 Å². The van der Waals surface area contributed by atoms with Gasteiger partial charge in [0, 0.05) is 6.04 Å². The fraction of sp³-hybridized carbons (Fsp3) is 0.238. The van der Waals surface area contributed by atoms with E-state index in [4.69, 9.17) is 16.3 Å². The van der Waals surface area contributed by atoms with Gasteiger partial charge in [0.25, 0.3) is 5.56 Å². The van der Waals surface area contributed by atoms with Crippen LogP contribution in [0.3, 0.4) is 0 Å². The van der Waals surface area contributed by atoms with Crippen molar-refractivity contribution in [3.05, 3.63) is 87.3 Å². The lowest BCUT2D eigenvalue weighted by Crippen LogP contribution is -2.25. The van der Waals surface area contributed by atoms with Crippen molar-refractivity contribution in [1.29, 1.82) is 0 Å². The van der Waals surface area contributed by atoms with E-state index in [1.54, 1.807) is 6.20 Å². The molecule has 0 saturated carbocycles. The summed E-state index contributed by atoms with van der Waals surface area (Å²) in [5, 5.41) is 7.66. The monoisotopic (exact) mass is 383 g/mol. The zero-order valence-electron chi connectivity index (χ0n) is 15.4. The van der Waals surface area contributed by atoms with Gasteiger partial charge in [0.05, 0.1) is 25.0 Å². The number of nitrogens with zero attached hydrogens (tertiary/aromatic N) is 2. The summed E-state index contributed by atoms with van der Waals surface area (Å²) in [6, 6.07) is 17.4. The summed E-state index contributed by atoms with van der Waals surface area (Å²) < 4.78 is 6.91. The van der Waals surface area contributed by atoms with Crippen LogP contribution in [0.15, 0.2) is 65.6 Å². The van der Waals surface area contributed by atoms with E-state index in [0.717, 1.165) is 16.9 Å². The predicted molar refractivity (Wildman–Crippen MR) is 109 cm³/mol. The van der Waals surface area contributed by atoms with Crippen LogP contribution in [-0.2, 0) is 6.54 Å². The van der Waals surface area contributed by atoms with Crippen LogP contribution in [0.5, 0.6) is 5.75 Å². The molecule has 0 aliphatic heterocycles. The molecule has 0 amide bonds. The van der Waals surface area contributed by atoms with Gasteiger partial charge in [-0.15, -0.1) is 0 Å². The van der Waals surface area contributed by atoms with Gasteiger partial charge in [-0.1, -0.05) is 54.1 Å². The third-order valence-corrected chi connectivity index (χ3v) is 4.57. The second-order valence-electron chi connectivity index (χ2n) is 6.19. The van der Waals surface area contributed by atoms with Crippen LogP contribution < -0.4 is 15.6 Å². The van der Waals surface area contributed by atoms with Crippen LogP contribution in [0.25, 0.3) is 0 Å². The molecular formula is C21H22ClN3O2. The molecule has 5 nitrogen and oxygen atoms in total. The van der Waals surface area contributed by atoms with Crippen molar-refractivity contribution in [3.8, 4) is 5.75 Å². The molecule has 27 heavy (non-hydrogen) atoms. The lowest BCUT2D eigenvalue weighted by atomic mass is 10.1. The number of rotatable bonds is 7. The first-order valence-electron chi connectivity index (χ1n) is 8.87. The molecule has 3 rings (SSSR count). The van der Waals surface area contributed by atoms with Crippen LogP contribution in [0.4, 0.5) is 5.69 Å². The van der Waals surface area contributed by atoms with E-state index in [1.165, 1.54) is 4.68 Å². The van der Waals surface area contributed by atoms with Gasteiger partial charge in [-0.05, 0) is 37.1 Å². The first-order chi connectivity index (χ1) is 13.1. The maximum Gasteiger partial charge on any atom is 0.287 e. The van der Waals surface area contributed by atoms with E-state index < -0.39 is 0 Å². The van der Waals surface area contributed by atoms with Crippen LogP contribution >= 0.6 is 11.6 Å². The largest absolute Gasteiger partial charge is 0.494 e. The van der Waals surface area contributed by atoms with Gasteiger partial charge in [0.1, 0.15) is 10.8 Å². The highest BCUT2D eigenvalue weighted by molar-refractivity contribution is 6.32. The molecule has 1 heterocycles. The SMILES string of the molecule is CCOc1cccc(C(C)Nc2cnn(Cc3ccccc3)c(=O)c2Cl)c1. The van der Waals surface area contributed by atoms with E-state index >= 15 is 0 Å². The first kappa shape index (κ1) is 19.0. The fourth-order valence-electron chi connectivity index (χ4n) is 2.79. The van der Waals surface area contributed by atoms with Crippen LogP contribution in [0, 0.1) is 0 Å². The second kappa shape index (κ2) is 8.73. The summed E-state index contributed by atoms with van der Waals surface area (Å²) in [5.41, 5.74) is 2.22. The predicted octanol–water partition coefficient (Wildman–Crippen LogP) is 4.52. The molecular weight excluding hydrogens is 362 g/mol. The van der Waals surface area contributed by atoms with Crippen molar-refractivity contribution < 1.29 is 4.74 Å². The van der Waals surface area contributed by atoms with Gasteiger partial charge in [0.2, 0.25) is 0 Å². The Bertz CT molecular complexity index is 957. The fourth-order valence-corrected chi connectivity index (χ4v) is 2.99. The number of hydrogen-bond acceptors (Lipinski definition) is 4. The summed E-state index contributed by atoms with van der Waals surface area (Å²) in [5.74, 6) is 0.811. The molecule has 1 atom stereocenters. The second-order valence-corrected chi connectivity index (χ2v) is 6.57. The maximum atomic E-state index is 12.6. The molecule has 0 aliphatic carbocycles. The Hall–Kier alpha value is -2.79. The molecule has 0 saturated heterocycles. The highest BCUT2D eigenvalue weighted by Gasteiger charge is 2.13. The number of hydrogen-bond donors (Lipinski definition) is 1. The number of aromatic nitrogens is 2. The minimum atomic E-state index is -0.319. The first-order valence-corrected chi connectivity index (χ1v) is 9.25. The van der Waals surface area contributed by atoms with E-state index in [-0.39, 0.29) is 16.6 Å². The minimum Gasteiger partial charge on any atom is -0.494 e. The van der Waals surface area contributed by atoms with Crippen LogP contribution in [-0.4, -0.2) is 16.4 Å². The molecule has 0 aliphatic rings. The standard InChI is InChI=1S/C21H22ClN3O2/c1-3-27-18-11-7-10-17(12-18)15(2)24-19-13-23-25(21(26)20(19)22)14-16-8-5-4-6-9-16/h4-13,15,24H,3,14H2,1-2H3. The zero-order valence-corrected chi connectivity index (χ0v) is 16.1. The van der Waals surface area contributed by atoms with Crippen molar-refractivity contribution in [1.82, 2.24) is 9.78 Å². The molecule has 1 unspecified atom stereocenters. The maximum absolute atomic E-state index is 12.6. The van der Waals surface area contributed by atoms with Gasteiger partial charge in [-0.2, -0.15) is 5.10 Å². The van der Waals surface area contributed by atoms with E-state index in [1.807, 2.05) is 68.4 Å². The molecule has 6 heteroatoms. The lowest BCUT2D eigenvalue weighted by molar-refractivity contribution is 0.340. The number of halogens is 1. The Kier molecular flexibility index (Phi) is 6.14. The molecule has 3 aromatic rings. The summed E-state index contributed by atoms with van der Waals surface area (Å²) in [6.07, 6.45) is 1.59. The van der Waals surface area contributed by atoms with Gasteiger partial charge in [-0.25, -0.2) is 4.68 Å². The molecule has 0 spiro atoms. The molecule has 0 radical (unpaired) electrons. The van der Waals surface area contributed by atoms with Gasteiger partial charge >= 0.3 is 0 Å². The van der Waals surface area contributed by atoms with Crippen LogP contribution in [0.2, 0.25) is 5.02 Å². The van der Waals surface area contributed by atoms with Crippen molar-refractivity contribution in [2.75, 3.05) is 11.9 Å². The van der Waals surface area contributed by atoms with Crippen molar-refractivity contribution in [3.63, 3.8) is 0 Å². The van der Waals surface area contributed by atoms with E-state index in [2.05, 4.69) is 10.4 Å². The molecule has 0 bridgehead atoms. The summed E-state index contributed by atoms with van der Waals surface area (Å²) >= 11 is 6.32. The molecule has 1 N–H and O–H groups in total. The Morgan fingerprint density at radius 2 is 1.96 bits per heavy atom. The number of benzene rings is 2. The molecule has 140 valence electrons. The molecule has 0 fully saturated rings. The smallest absolute Gasteiger partial charge is 0.287 e. The van der Waals surface area contributed by atoms with Gasteiger partial charge < -0.3 is 10.1 Å². The molecule has 1 aromatic heterocycles. The van der Waals surface area contributed by atoms with Gasteiger partial charge in [0.15, 0.2) is 0 Å². The minimum absolute atomic E-state index is 0.0610. The Morgan fingerprint density at radius 3 is 2.70 bits per heavy atom. The summed E-state index contributed by atoms with van der Waals surface area (Å²) in [4.78, 5) is 12.6. The highest BCUT2D eigenvalue weighted by atomic mass is 35.5. The normalized spacial score (nSPS) is 11.8. The van der Waals surface area contributed by atoms with E-state index in [9.17, 15) is 4.79 Å². The van der Waals surface area contributed by atoms with Crippen molar-refractivity contribution >= 4 is 17.3 Å². The highest BCUT2D eigenvalue weighted by Crippen LogP contribution is 2.25. The van der Waals surface area contributed by atoms with Crippen molar-refractivity contribution in [2.24, 2.45) is 0 Å². The average Bonchev–Trinajstić information content (AvgIpc) is 2.69. The third kappa shape index (κ3) is 4.68. The Morgan fingerprint density at radius 1 is 1.19 bits per heavy atom. The quantitative estimate of drug-likeness (QED) is 0.651. The van der Waals surface area contributed by atoms with Crippen LogP contribution in [0.1, 0.15) is 31.0 Å².